The molecule has 0 radical (unpaired) electrons. The van der Waals surface area contributed by atoms with Crippen LogP contribution in [0.1, 0.15) is 26.3 Å². The van der Waals surface area contributed by atoms with Crippen molar-refractivity contribution in [3.63, 3.8) is 0 Å². The third kappa shape index (κ3) is 5.55. The summed E-state index contributed by atoms with van der Waals surface area (Å²) >= 11 is 1.72. The first kappa shape index (κ1) is 33.5. The Balaban J connectivity index is 0.00000372. The maximum atomic E-state index is 5.07. The van der Waals surface area contributed by atoms with Crippen LogP contribution in [-0.4, -0.2) is 16.7 Å². The zero-order valence-electron chi connectivity index (χ0n) is 29.4. The van der Waals surface area contributed by atoms with Gasteiger partial charge in [0.1, 0.15) is 0 Å². The normalized spacial score (nSPS) is 12.9. The van der Waals surface area contributed by atoms with Crippen molar-refractivity contribution in [2.24, 2.45) is 0 Å². The second-order valence-electron chi connectivity index (χ2n) is 14.5. The van der Waals surface area contributed by atoms with Crippen LogP contribution in [0.25, 0.3) is 32.0 Å². The molecule has 2 aliphatic rings. The fourth-order valence-electron chi connectivity index (χ4n) is 7.74. The summed E-state index contributed by atoms with van der Waals surface area (Å²) < 4.78 is 1.17. The van der Waals surface area contributed by atoms with Gasteiger partial charge in [-0.3, -0.25) is 4.98 Å². The number of benzene rings is 6. The minimum absolute atomic E-state index is 0. The second kappa shape index (κ2) is 13.0. The summed E-state index contributed by atoms with van der Waals surface area (Å²) in [6.45, 7) is 6.77. The van der Waals surface area contributed by atoms with Crippen molar-refractivity contribution in [2.45, 2.75) is 26.2 Å². The Morgan fingerprint density at radius 2 is 1.17 bits per heavy atom. The number of para-hydroxylation sites is 3. The molecule has 2 aromatic heterocycles. The molecule has 0 saturated carbocycles. The fourth-order valence-corrected chi connectivity index (χ4v) is 8.69. The monoisotopic (exact) mass is 879 g/mol. The molecule has 0 amide bonds. The number of anilines is 6. The van der Waals surface area contributed by atoms with E-state index in [4.69, 9.17) is 9.97 Å². The Morgan fingerprint density at radius 1 is 0.604 bits per heavy atom. The molecular formula is C46H33BN4PtS. The summed E-state index contributed by atoms with van der Waals surface area (Å²) in [4.78, 5) is 14.7. The van der Waals surface area contributed by atoms with E-state index in [-0.39, 0.29) is 33.2 Å². The van der Waals surface area contributed by atoms with E-state index in [2.05, 4.69) is 170 Å². The van der Waals surface area contributed by atoms with E-state index in [1.54, 1.807) is 11.3 Å². The average molecular weight is 880 g/mol. The summed E-state index contributed by atoms with van der Waals surface area (Å²) in [5.41, 5.74) is 15.3. The third-order valence-electron chi connectivity index (χ3n) is 10.2. The second-order valence-corrected chi connectivity index (χ2v) is 15.5. The van der Waals surface area contributed by atoms with Crippen molar-refractivity contribution in [1.29, 1.82) is 0 Å². The third-order valence-corrected chi connectivity index (χ3v) is 11.3. The standard InChI is InChI=1S/C46H33BN4S.Pt/c1-46(2,3)32-28-41-44-42(29-32)51(34-16-8-5-9-17-34)40-24-22-31(45-49-38-19-10-11-20-43(38)52-45)27-36(40)47(44)35-26-30(37-18-12-13-25-48-37)21-23-39(35)50(41)33-14-6-4-7-15-33;/h4-25,28-29H,1-3H3;/q-2;+2. The van der Waals surface area contributed by atoms with Gasteiger partial charge in [0.05, 0.1) is 5.52 Å². The van der Waals surface area contributed by atoms with E-state index < -0.39 is 0 Å². The SMILES string of the molecule is CC(C)(C)c1cc2c3c(c1)N(c1ccccc1)c1ccc(-c4nc5ccccc5s4)[c-]c1B3c1[c-]c(-c3ccccn3)ccc1N2c1ccccc1.[Pt+2]. The van der Waals surface area contributed by atoms with Crippen molar-refractivity contribution in [3.05, 3.63) is 163 Å². The number of fused-ring (bicyclic) bond motifs is 5. The van der Waals surface area contributed by atoms with Gasteiger partial charge in [-0.15, -0.1) is 58.5 Å². The van der Waals surface area contributed by atoms with Gasteiger partial charge in [-0.25, -0.2) is 0 Å². The maximum absolute atomic E-state index is 5.07. The van der Waals surface area contributed by atoms with Gasteiger partial charge in [0.15, 0.2) is 0 Å². The molecule has 0 aliphatic carbocycles. The van der Waals surface area contributed by atoms with E-state index in [1.165, 1.54) is 27.1 Å². The van der Waals surface area contributed by atoms with Crippen LogP contribution >= 0.6 is 11.3 Å². The Bertz CT molecular complexity index is 2590. The van der Waals surface area contributed by atoms with Crippen molar-refractivity contribution < 1.29 is 21.1 Å². The first-order valence-corrected chi connectivity index (χ1v) is 18.5. The summed E-state index contributed by atoms with van der Waals surface area (Å²) in [5, 5.41) is 0.970. The minimum atomic E-state index is -0.137. The molecule has 7 heteroatoms. The van der Waals surface area contributed by atoms with E-state index in [9.17, 15) is 0 Å². The van der Waals surface area contributed by atoms with Crippen molar-refractivity contribution >= 4 is 78.8 Å². The van der Waals surface area contributed by atoms with Crippen LogP contribution in [-0.2, 0) is 26.5 Å². The molecule has 0 bridgehead atoms. The summed E-state index contributed by atoms with van der Waals surface area (Å²) in [6.07, 6.45) is 1.85. The molecule has 0 unspecified atom stereocenters. The smallest absolute Gasteiger partial charge is 0.352 e. The first-order chi connectivity index (χ1) is 25.4. The predicted molar refractivity (Wildman–Crippen MR) is 219 cm³/mol. The van der Waals surface area contributed by atoms with Crippen LogP contribution in [0.4, 0.5) is 34.1 Å². The van der Waals surface area contributed by atoms with Crippen molar-refractivity contribution in [1.82, 2.24) is 9.97 Å². The quantitative estimate of drug-likeness (QED) is 0.130. The largest absolute Gasteiger partial charge is 2.00 e. The number of pyridine rings is 1. The van der Waals surface area contributed by atoms with Crippen LogP contribution in [0, 0.1) is 12.1 Å². The molecular weight excluding hydrogens is 846 g/mol. The van der Waals surface area contributed by atoms with Gasteiger partial charge in [-0.1, -0.05) is 81.4 Å². The van der Waals surface area contributed by atoms with Crippen LogP contribution in [0.15, 0.2) is 146 Å². The Labute approximate surface area is 329 Å². The number of thiazole rings is 1. The van der Waals surface area contributed by atoms with Gasteiger partial charge in [0.25, 0.3) is 0 Å². The Hall–Kier alpha value is -5.29. The van der Waals surface area contributed by atoms with Gasteiger partial charge in [0, 0.05) is 38.7 Å². The maximum Gasteiger partial charge on any atom is 2.00 e. The van der Waals surface area contributed by atoms with Crippen LogP contribution in [0.2, 0.25) is 0 Å². The molecule has 256 valence electrons. The molecule has 4 heterocycles. The van der Waals surface area contributed by atoms with E-state index in [0.717, 1.165) is 61.0 Å². The molecule has 0 spiro atoms. The molecule has 2 aliphatic heterocycles. The summed E-state index contributed by atoms with van der Waals surface area (Å²) in [6, 6.07) is 57.6. The van der Waals surface area contributed by atoms with E-state index in [0.29, 0.717) is 0 Å². The molecule has 10 rings (SSSR count). The molecule has 0 fully saturated rings. The molecule has 4 nitrogen and oxygen atoms in total. The average Bonchev–Trinajstić information content (AvgIpc) is 3.62. The predicted octanol–water partition coefficient (Wildman–Crippen LogP) is 10.0. The molecule has 0 N–H and O–H groups in total. The number of aromatic nitrogens is 2. The number of rotatable bonds is 4. The molecule has 6 aromatic carbocycles. The van der Waals surface area contributed by atoms with Gasteiger partial charge in [0.2, 0.25) is 6.71 Å². The Kier molecular flexibility index (Phi) is 8.22. The van der Waals surface area contributed by atoms with Gasteiger partial charge >= 0.3 is 21.1 Å². The van der Waals surface area contributed by atoms with Gasteiger partial charge in [-0.2, -0.15) is 11.3 Å². The van der Waals surface area contributed by atoms with E-state index >= 15 is 0 Å². The molecule has 53 heavy (non-hydrogen) atoms. The fraction of sp³-hybridized carbons (Fsp3) is 0.0870. The first-order valence-electron chi connectivity index (χ1n) is 17.7. The Morgan fingerprint density at radius 3 is 1.75 bits per heavy atom. The number of nitrogens with zero attached hydrogens (tertiary/aromatic N) is 4. The van der Waals surface area contributed by atoms with Crippen LogP contribution in [0.5, 0.6) is 0 Å². The van der Waals surface area contributed by atoms with Crippen molar-refractivity contribution in [2.75, 3.05) is 9.80 Å². The van der Waals surface area contributed by atoms with Crippen LogP contribution < -0.4 is 26.2 Å². The number of hydrogen-bond acceptors (Lipinski definition) is 5. The molecule has 8 aromatic rings. The minimum Gasteiger partial charge on any atom is -0.352 e. The van der Waals surface area contributed by atoms with E-state index in [1.807, 2.05) is 18.3 Å². The number of hydrogen-bond donors (Lipinski definition) is 0. The molecule has 0 atom stereocenters. The molecule has 0 saturated heterocycles. The summed E-state index contributed by atoms with van der Waals surface area (Å²) in [7, 11) is 0. The van der Waals surface area contributed by atoms with Crippen molar-refractivity contribution in [3.8, 4) is 21.8 Å². The van der Waals surface area contributed by atoms with Gasteiger partial charge in [-0.05, 0) is 88.1 Å². The summed E-state index contributed by atoms with van der Waals surface area (Å²) in [5.74, 6) is 0. The topological polar surface area (TPSA) is 32.3 Å². The zero-order valence-corrected chi connectivity index (χ0v) is 32.5. The van der Waals surface area contributed by atoms with Crippen LogP contribution in [0.3, 0.4) is 0 Å². The zero-order chi connectivity index (χ0) is 35.0. The van der Waals surface area contributed by atoms with Gasteiger partial charge < -0.3 is 14.8 Å².